The van der Waals surface area contributed by atoms with E-state index in [1.165, 1.54) is 6.07 Å². The maximum Gasteiger partial charge on any atom is 0.230 e. The molecule has 170 valence electrons. The zero-order valence-electron chi connectivity index (χ0n) is 18.3. The molecule has 0 unspecified atom stereocenters. The maximum absolute atomic E-state index is 15.1. The maximum atomic E-state index is 15.1. The van der Waals surface area contributed by atoms with E-state index in [0.29, 0.717) is 23.9 Å². The summed E-state index contributed by atoms with van der Waals surface area (Å²) in [5, 5.41) is 9.81. The van der Waals surface area contributed by atoms with Gasteiger partial charge in [0.15, 0.2) is 0 Å². The van der Waals surface area contributed by atoms with Gasteiger partial charge in [-0.25, -0.2) is 9.37 Å². The fourth-order valence-electron chi connectivity index (χ4n) is 5.62. The predicted octanol–water partition coefficient (Wildman–Crippen LogP) is 4.14. The zero-order valence-corrected chi connectivity index (χ0v) is 18.3. The van der Waals surface area contributed by atoms with E-state index in [-0.39, 0.29) is 23.9 Å². The summed E-state index contributed by atoms with van der Waals surface area (Å²) in [7, 11) is 0. The number of carbonyl (C=O) groups excluding carboxylic acids is 1. The number of anilines is 1. The molecule has 1 N–H and O–H groups in total. The fourth-order valence-corrected chi connectivity index (χ4v) is 5.62. The molecule has 1 spiro atoms. The molecule has 1 aliphatic carbocycles. The van der Waals surface area contributed by atoms with Crippen molar-refractivity contribution in [3.05, 3.63) is 48.4 Å². The van der Waals surface area contributed by atoms with Gasteiger partial charge in [0.2, 0.25) is 11.8 Å². The molecular formula is C25H30FN3O3. The number of benzene rings is 1. The van der Waals surface area contributed by atoms with Crippen molar-refractivity contribution in [3.63, 3.8) is 0 Å². The number of piperidine rings is 1. The first-order valence-electron chi connectivity index (χ1n) is 11.7. The van der Waals surface area contributed by atoms with Gasteiger partial charge >= 0.3 is 0 Å². The van der Waals surface area contributed by atoms with Crippen LogP contribution in [0.1, 0.15) is 44.9 Å². The molecule has 6 nitrogen and oxygen atoms in total. The molecule has 1 amide bonds. The van der Waals surface area contributed by atoms with Crippen molar-refractivity contribution in [3.8, 4) is 11.6 Å². The second kappa shape index (κ2) is 8.70. The van der Waals surface area contributed by atoms with E-state index < -0.39 is 5.41 Å². The number of aromatic nitrogens is 1. The van der Waals surface area contributed by atoms with Crippen molar-refractivity contribution >= 4 is 11.6 Å². The van der Waals surface area contributed by atoms with Crippen molar-refractivity contribution in [2.75, 3.05) is 24.5 Å². The number of aliphatic hydroxyl groups is 1. The van der Waals surface area contributed by atoms with Gasteiger partial charge in [-0.1, -0.05) is 6.07 Å². The number of halogens is 1. The van der Waals surface area contributed by atoms with Gasteiger partial charge in [-0.2, -0.15) is 0 Å². The summed E-state index contributed by atoms with van der Waals surface area (Å²) in [6.45, 7) is 2.06. The van der Waals surface area contributed by atoms with Crippen LogP contribution in [0.2, 0.25) is 0 Å². The Balaban J connectivity index is 1.29. The largest absolute Gasteiger partial charge is 0.439 e. The summed E-state index contributed by atoms with van der Waals surface area (Å²) in [6, 6.07) is 10.5. The topological polar surface area (TPSA) is 65.9 Å². The van der Waals surface area contributed by atoms with Crippen LogP contribution in [0.5, 0.6) is 11.6 Å². The Kier molecular flexibility index (Phi) is 5.76. The lowest BCUT2D eigenvalue weighted by Gasteiger charge is -2.41. The minimum absolute atomic E-state index is 0.221. The molecule has 1 aromatic carbocycles. The number of hydrogen-bond donors (Lipinski definition) is 1. The van der Waals surface area contributed by atoms with Crippen molar-refractivity contribution in [1.29, 1.82) is 0 Å². The van der Waals surface area contributed by atoms with E-state index in [9.17, 15) is 9.90 Å². The first-order valence-corrected chi connectivity index (χ1v) is 11.7. The van der Waals surface area contributed by atoms with Crippen LogP contribution in [0, 0.1) is 11.2 Å². The minimum Gasteiger partial charge on any atom is -0.439 e. The van der Waals surface area contributed by atoms with Crippen LogP contribution in [0.15, 0.2) is 42.6 Å². The van der Waals surface area contributed by atoms with Crippen molar-refractivity contribution in [1.82, 2.24) is 9.88 Å². The van der Waals surface area contributed by atoms with Crippen LogP contribution in [0.3, 0.4) is 0 Å². The first-order chi connectivity index (χ1) is 15.5. The molecule has 5 rings (SSSR count). The molecule has 2 saturated heterocycles. The van der Waals surface area contributed by atoms with E-state index in [2.05, 4.69) is 9.88 Å². The van der Waals surface area contributed by atoms with Gasteiger partial charge in [-0.3, -0.25) is 4.79 Å². The number of hydrogen-bond acceptors (Lipinski definition) is 5. The van der Waals surface area contributed by atoms with Crippen LogP contribution in [-0.4, -0.2) is 52.7 Å². The summed E-state index contributed by atoms with van der Waals surface area (Å²) < 4.78 is 20.7. The smallest absolute Gasteiger partial charge is 0.230 e. The van der Waals surface area contributed by atoms with Crippen LogP contribution in [-0.2, 0) is 4.79 Å². The number of nitrogens with zero attached hydrogens (tertiary/aromatic N) is 3. The SMILES string of the molecule is O=C1N(C2CCC(O)CC2)CC[C@]12CCCN(c1ccc(Oc3ccccn3)cc1F)C2. The van der Waals surface area contributed by atoms with Gasteiger partial charge in [0.1, 0.15) is 11.6 Å². The van der Waals surface area contributed by atoms with Gasteiger partial charge in [-0.15, -0.1) is 0 Å². The highest BCUT2D eigenvalue weighted by Gasteiger charge is 2.50. The van der Waals surface area contributed by atoms with Crippen LogP contribution >= 0.6 is 0 Å². The Bertz CT molecular complexity index is 964. The lowest BCUT2D eigenvalue weighted by molar-refractivity contribution is -0.139. The Hall–Kier alpha value is -2.67. The molecule has 2 aliphatic heterocycles. The van der Waals surface area contributed by atoms with Crippen molar-refractivity contribution in [2.45, 2.75) is 57.1 Å². The third-order valence-electron chi connectivity index (χ3n) is 7.35. The van der Waals surface area contributed by atoms with Gasteiger partial charge in [0.05, 0.1) is 17.2 Å². The fraction of sp³-hybridized carbons (Fsp3) is 0.520. The number of likely N-dealkylation sites (tertiary alicyclic amines) is 1. The van der Waals surface area contributed by atoms with E-state index in [1.54, 1.807) is 30.5 Å². The molecule has 1 atom stereocenters. The molecule has 1 saturated carbocycles. The zero-order chi connectivity index (χ0) is 22.1. The Morgan fingerprint density at radius 3 is 2.69 bits per heavy atom. The summed E-state index contributed by atoms with van der Waals surface area (Å²) in [5.74, 6) is 0.695. The van der Waals surface area contributed by atoms with E-state index >= 15 is 4.39 Å². The highest BCUT2D eigenvalue weighted by atomic mass is 19.1. The van der Waals surface area contributed by atoms with Crippen LogP contribution in [0.25, 0.3) is 0 Å². The van der Waals surface area contributed by atoms with Crippen LogP contribution in [0.4, 0.5) is 10.1 Å². The lowest BCUT2D eigenvalue weighted by atomic mass is 9.78. The van der Waals surface area contributed by atoms with Gasteiger partial charge in [0, 0.05) is 44.0 Å². The molecule has 0 radical (unpaired) electrons. The molecule has 0 bridgehead atoms. The summed E-state index contributed by atoms with van der Waals surface area (Å²) in [6.07, 6.45) is 7.24. The number of pyridine rings is 1. The first kappa shape index (κ1) is 21.2. The second-order valence-electron chi connectivity index (χ2n) is 9.40. The molecule has 2 aromatic rings. The average Bonchev–Trinajstić information content (AvgIpc) is 3.10. The highest BCUT2D eigenvalue weighted by molar-refractivity contribution is 5.86. The number of carbonyl (C=O) groups is 1. The molecular weight excluding hydrogens is 409 g/mol. The minimum atomic E-state index is -0.427. The molecule has 32 heavy (non-hydrogen) atoms. The number of amides is 1. The normalized spacial score (nSPS) is 28.4. The van der Waals surface area contributed by atoms with E-state index in [4.69, 9.17) is 4.74 Å². The van der Waals surface area contributed by atoms with Gasteiger partial charge in [-0.05, 0) is 63.1 Å². The standard InChI is InChI=1S/C25H30FN3O3/c26-21-16-20(32-23-4-1-2-13-27-23)9-10-22(21)28-14-3-11-25(17-28)12-15-29(24(25)31)18-5-7-19(30)8-6-18/h1-2,4,9-10,13,16,18-19,30H,3,5-8,11-12,14-15,17H2/t18?,19?,25-/m0/s1. The number of rotatable bonds is 4. The van der Waals surface area contributed by atoms with E-state index in [1.807, 2.05) is 11.0 Å². The molecule has 3 aliphatic rings. The molecule has 3 heterocycles. The summed E-state index contributed by atoms with van der Waals surface area (Å²) in [4.78, 5) is 21.7. The predicted molar refractivity (Wildman–Crippen MR) is 119 cm³/mol. The third kappa shape index (κ3) is 4.06. The molecule has 3 fully saturated rings. The summed E-state index contributed by atoms with van der Waals surface area (Å²) >= 11 is 0. The van der Waals surface area contributed by atoms with Gasteiger partial charge in [0.25, 0.3) is 0 Å². The average molecular weight is 440 g/mol. The Morgan fingerprint density at radius 1 is 1.09 bits per heavy atom. The number of aliphatic hydroxyl groups excluding tert-OH is 1. The van der Waals surface area contributed by atoms with Crippen LogP contribution < -0.4 is 9.64 Å². The number of ether oxygens (including phenoxy) is 1. The Labute approximate surface area is 188 Å². The molecule has 7 heteroatoms. The van der Waals surface area contributed by atoms with Crippen molar-refractivity contribution in [2.24, 2.45) is 5.41 Å². The second-order valence-corrected chi connectivity index (χ2v) is 9.40. The highest BCUT2D eigenvalue weighted by Crippen LogP contribution is 2.44. The van der Waals surface area contributed by atoms with E-state index in [0.717, 1.165) is 58.0 Å². The van der Waals surface area contributed by atoms with Gasteiger partial charge < -0.3 is 19.6 Å². The molecule has 1 aromatic heterocycles. The summed E-state index contributed by atoms with van der Waals surface area (Å²) in [5.41, 5.74) is 0.0913. The van der Waals surface area contributed by atoms with Crippen molar-refractivity contribution < 1.29 is 19.0 Å². The quantitative estimate of drug-likeness (QED) is 0.776. The monoisotopic (exact) mass is 439 g/mol. The lowest BCUT2D eigenvalue weighted by Crippen LogP contribution is -2.50. The Morgan fingerprint density at radius 2 is 1.94 bits per heavy atom. The third-order valence-corrected chi connectivity index (χ3v) is 7.35.